The second kappa shape index (κ2) is 6.17. The van der Waals surface area contributed by atoms with E-state index in [0.717, 1.165) is 40.9 Å². The molecule has 0 N–H and O–H groups in total. The number of aromatic nitrogens is 2. The van der Waals surface area contributed by atoms with Crippen molar-refractivity contribution >= 4 is 5.91 Å². The molecule has 0 bridgehead atoms. The van der Waals surface area contributed by atoms with Crippen molar-refractivity contribution in [1.29, 1.82) is 0 Å². The second-order valence-corrected chi connectivity index (χ2v) is 8.19. The average Bonchev–Trinajstić information content (AvgIpc) is 3.50. The zero-order valence-corrected chi connectivity index (χ0v) is 16.7. The van der Waals surface area contributed by atoms with E-state index in [1.807, 2.05) is 60.6 Å². The van der Waals surface area contributed by atoms with Gasteiger partial charge in [-0.25, -0.2) is 0 Å². The molecule has 0 saturated heterocycles. The molecule has 1 aliphatic heterocycles. The van der Waals surface area contributed by atoms with Gasteiger partial charge < -0.3 is 9.47 Å². The molecular formula is C26H21N3O. The van der Waals surface area contributed by atoms with E-state index >= 15 is 0 Å². The fraction of sp³-hybridized carbons (Fsp3) is 0.154. The van der Waals surface area contributed by atoms with Crippen LogP contribution < -0.4 is 0 Å². The molecule has 4 heteroatoms. The first-order chi connectivity index (χ1) is 14.7. The molecule has 1 aliphatic carbocycles. The van der Waals surface area contributed by atoms with E-state index in [9.17, 15) is 4.79 Å². The molecular weight excluding hydrogens is 370 g/mol. The first kappa shape index (κ1) is 17.2. The van der Waals surface area contributed by atoms with Crippen LogP contribution in [-0.2, 0) is 5.54 Å². The van der Waals surface area contributed by atoms with Gasteiger partial charge in [0.05, 0.1) is 16.9 Å². The number of benzene rings is 2. The van der Waals surface area contributed by atoms with E-state index in [4.69, 9.17) is 0 Å². The number of rotatable bonds is 2. The summed E-state index contributed by atoms with van der Waals surface area (Å²) >= 11 is 0. The molecule has 2 aromatic heterocycles. The Morgan fingerprint density at radius 3 is 2.40 bits per heavy atom. The zero-order valence-electron chi connectivity index (χ0n) is 16.7. The lowest BCUT2D eigenvalue weighted by molar-refractivity contribution is 0.0705. The maximum absolute atomic E-state index is 13.5. The van der Waals surface area contributed by atoms with E-state index < -0.39 is 0 Å². The van der Waals surface area contributed by atoms with Crippen LogP contribution in [0.2, 0.25) is 0 Å². The molecule has 1 fully saturated rings. The molecule has 146 valence electrons. The van der Waals surface area contributed by atoms with Gasteiger partial charge in [-0.3, -0.25) is 9.78 Å². The van der Waals surface area contributed by atoms with Gasteiger partial charge in [0.25, 0.3) is 5.91 Å². The Morgan fingerprint density at radius 2 is 1.67 bits per heavy atom. The Labute approximate surface area is 175 Å². The fourth-order valence-corrected chi connectivity index (χ4v) is 4.70. The minimum atomic E-state index is -0.193. The van der Waals surface area contributed by atoms with E-state index in [1.165, 1.54) is 5.56 Å². The van der Waals surface area contributed by atoms with Gasteiger partial charge in [0.2, 0.25) is 0 Å². The third kappa shape index (κ3) is 2.40. The summed E-state index contributed by atoms with van der Waals surface area (Å²) < 4.78 is 2.08. The van der Waals surface area contributed by atoms with Gasteiger partial charge in [-0.1, -0.05) is 48.5 Å². The Hall–Kier alpha value is -3.66. The Kier molecular flexibility index (Phi) is 3.54. The van der Waals surface area contributed by atoms with Crippen LogP contribution >= 0.6 is 0 Å². The summed E-state index contributed by atoms with van der Waals surface area (Å²) in [6.07, 6.45) is 5.91. The SMILES string of the molecule is CN1C(=O)c2cc(-c3ccccc3)cn2-c2cc(-c3ccccn3)ccc2C12CC2. The summed E-state index contributed by atoms with van der Waals surface area (Å²) in [4.78, 5) is 19.9. The Morgan fingerprint density at radius 1 is 0.867 bits per heavy atom. The number of amides is 1. The molecule has 0 atom stereocenters. The van der Waals surface area contributed by atoms with Crippen molar-refractivity contribution in [2.45, 2.75) is 18.4 Å². The molecule has 2 aliphatic rings. The minimum absolute atomic E-state index is 0.0743. The summed E-state index contributed by atoms with van der Waals surface area (Å²) in [5.74, 6) is 0.0743. The number of hydrogen-bond acceptors (Lipinski definition) is 2. The molecule has 1 amide bonds. The summed E-state index contributed by atoms with van der Waals surface area (Å²) in [6.45, 7) is 0. The van der Waals surface area contributed by atoms with E-state index in [1.54, 1.807) is 0 Å². The average molecular weight is 391 g/mol. The van der Waals surface area contributed by atoms with Crippen molar-refractivity contribution < 1.29 is 4.79 Å². The van der Waals surface area contributed by atoms with E-state index in [0.29, 0.717) is 5.69 Å². The third-order valence-electron chi connectivity index (χ3n) is 6.54. The number of carbonyl (C=O) groups excluding carboxylic acids is 1. The lowest BCUT2D eigenvalue weighted by atomic mass is 9.98. The maximum Gasteiger partial charge on any atom is 0.271 e. The fourth-order valence-electron chi connectivity index (χ4n) is 4.70. The number of fused-ring (bicyclic) bond motifs is 4. The highest BCUT2D eigenvalue weighted by molar-refractivity contribution is 5.97. The third-order valence-corrected chi connectivity index (χ3v) is 6.54. The largest absolute Gasteiger partial charge is 0.331 e. The molecule has 3 heterocycles. The monoisotopic (exact) mass is 391 g/mol. The van der Waals surface area contributed by atoms with Gasteiger partial charge in [0, 0.05) is 36.1 Å². The van der Waals surface area contributed by atoms with Crippen LogP contribution in [0.5, 0.6) is 0 Å². The lowest BCUT2D eigenvalue weighted by Crippen LogP contribution is -2.36. The Bertz CT molecular complexity index is 1270. The number of carbonyl (C=O) groups is 1. The van der Waals surface area contributed by atoms with Crippen LogP contribution in [0.3, 0.4) is 0 Å². The predicted molar refractivity (Wildman–Crippen MR) is 117 cm³/mol. The van der Waals surface area contributed by atoms with Crippen molar-refractivity contribution in [3.63, 3.8) is 0 Å². The van der Waals surface area contributed by atoms with Crippen molar-refractivity contribution in [2.24, 2.45) is 0 Å². The van der Waals surface area contributed by atoms with Gasteiger partial charge in [-0.05, 0) is 42.7 Å². The van der Waals surface area contributed by atoms with E-state index in [2.05, 4.69) is 46.1 Å². The normalized spacial score (nSPS) is 16.2. The van der Waals surface area contributed by atoms with Crippen molar-refractivity contribution in [2.75, 3.05) is 7.05 Å². The topological polar surface area (TPSA) is 38.1 Å². The molecule has 6 rings (SSSR count). The molecule has 4 aromatic rings. The predicted octanol–water partition coefficient (Wildman–Crippen LogP) is 5.28. The van der Waals surface area contributed by atoms with Gasteiger partial charge in [-0.15, -0.1) is 0 Å². The molecule has 0 radical (unpaired) electrons. The zero-order chi connectivity index (χ0) is 20.3. The number of pyridine rings is 1. The highest BCUT2D eigenvalue weighted by Crippen LogP contribution is 2.54. The first-order valence-electron chi connectivity index (χ1n) is 10.3. The summed E-state index contributed by atoms with van der Waals surface area (Å²) in [5.41, 5.74) is 6.96. The first-order valence-corrected chi connectivity index (χ1v) is 10.3. The second-order valence-electron chi connectivity index (χ2n) is 8.19. The van der Waals surface area contributed by atoms with Crippen LogP contribution in [0.4, 0.5) is 0 Å². The maximum atomic E-state index is 13.5. The van der Waals surface area contributed by atoms with Crippen LogP contribution in [0, 0.1) is 0 Å². The minimum Gasteiger partial charge on any atom is -0.331 e. The summed E-state index contributed by atoms with van der Waals surface area (Å²) in [6, 6.07) is 24.7. The molecule has 1 spiro atoms. The quantitative estimate of drug-likeness (QED) is 0.466. The van der Waals surface area contributed by atoms with Crippen LogP contribution in [0.25, 0.3) is 28.1 Å². The van der Waals surface area contributed by atoms with Crippen molar-refractivity contribution in [3.05, 3.63) is 96.4 Å². The molecule has 1 saturated carbocycles. The molecule has 0 unspecified atom stereocenters. The van der Waals surface area contributed by atoms with Gasteiger partial charge in [0.1, 0.15) is 5.69 Å². The van der Waals surface area contributed by atoms with Crippen LogP contribution in [-0.4, -0.2) is 27.4 Å². The van der Waals surface area contributed by atoms with Crippen molar-refractivity contribution in [3.8, 4) is 28.1 Å². The smallest absolute Gasteiger partial charge is 0.271 e. The van der Waals surface area contributed by atoms with Gasteiger partial charge >= 0.3 is 0 Å². The molecule has 2 aromatic carbocycles. The molecule has 4 nitrogen and oxygen atoms in total. The summed E-state index contributed by atoms with van der Waals surface area (Å²) in [5, 5.41) is 0. The highest BCUT2D eigenvalue weighted by atomic mass is 16.2. The molecule has 30 heavy (non-hydrogen) atoms. The van der Waals surface area contributed by atoms with Gasteiger partial charge in [-0.2, -0.15) is 0 Å². The number of hydrogen-bond donors (Lipinski definition) is 0. The highest BCUT2D eigenvalue weighted by Gasteiger charge is 2.53. The van der Waals surface area contributed by atoms with Crippen molar-refractivity contribution in [1.82, 2.24) is 14.5 Å². The van der Waals surface area contributed by atoms with E-state index in [-0.39, 0.29) is 11.4 Å². The lowest BCUT2D eigenvalue weighted by Gasteiger charge is -2.27. The van der Waals surface area contributed by atoms with Crippen LogP contribution in [0.15, 0.2) is 85.2 Å². The standard InChI is InChI=1S/C26H21N3O/c1-28-25(30)24-16-20(18-7-3-2-4-8-18)17-29(24)23-15-19(22-9-5-6-14-27-22)10-11-21(23)26(28)12-13-26/h2-11,14-17H,12-13H2,1H3. The van der Waals surface area contributed by atoms with Gasteiger partial charge in [0.15, 0.2) is 0 Å². The number of nitrogens with zero attached hydrogens (tertiary/aromatic N) is 3. The summed E-state index contributed by atoms with van der Waals surface area (Å²) in [7, 11) is 1.94. The van der Waals surface area contributed by atoms with Crippen LogP contribution in [0.1, 0.15) is 28.9 Å². The Balaban J connectivity index is 1.60.